The molecule has 0 bridgehead atoms. The minimum atomic E-state index is -0.357. The van der Waals surface area contributed by atoms with E-state index in [1.165, 1.54) is 0 Å². The molecule has 0 spiro atoms. The first-order valence-electron chi connectivity index (χ1n) is 7.87. The summed E-state index contributed by atoms with van der Waals surface area (Å²) in [5.41, 5.74) is 6.37. The normalized spacial score (nSPS) is 20.3. The fourth-order valence-electron chi connectivity index (χ4n) is 3.11. The molecular formula is C16H23ClN4O2S. The summed E-state index contributed by atoms with van der Waals surface area (Å²) in [5, 5.41) is 16.1. The Hall–Kier alpha value is -1.62. The molecule has 5 N–H and O–H groups in total. The second-order valence-electron chi connectivity index (χ2n) is 5.83. The standard InChI is InChI=1S/C16H22N4O2S.ClH/c1-3-22-15(21)14-12(8-19-16(18)23)20-9(2)11(7-17)13(14)10-5-4-6-10;/h10,13,20H,3-6,8H2,1-2H3,(H3,18,19,23);1H. The van der Waals surface area contributed by atoms with Gasteiger partial charge in [0.25, 0.3) is 5.11 Å². The molecule has 1 unspecified atom stereocenters. The lowest BCUT2D eigenvalue weighted by Crippen LogP contribution is -3.00. The molecule has 6 nitrogen and oxygen atoms in total. The lowest BCUT2D eigenvalue weighted by molar-refractivity contribution is -0.214. The van der Waals surface area contributed by atoms with Gasteiger partial charge in [-0.3, -0.25) is 0 Å². The van der Waals surface area contributed by atoms with Crippen LogP contribution in [0.1, 0.15) is 33.1 Å². The van der Waals surface area contributed by atoms with Crippen LogP contribution in [0.2, 0.25) is 0 Å². The Kier molecular flexibility index (Phi) is 7.67. The molecule has 132 valence electrons. The Morgan fingerprint density at radius 3 is 2.67 bits per heavy atom. The number of nitrogens with zero attached hydrogens (tertiary/aromatic N) is 1. The molecule has 2 aliphatic rings. The van der Waals surface area contributed by atoms with Crippen molar-refractivity contribution in [1.82, 2.24) is 10.6 Å². The van der Waals surface area contributed by atoms with Gasteiger partial charge in [0.05, 0.1) is 30.4 Å². The number of rotatable bonds is 5. The van der Waals surface area contributed by atoms with Gasteiger partial charge >= 0.3 is 5.97 Å². The van der Waals surface area contributed by atoms with E-state index in [9.17, 15) is 10.1 Å². The van der Waals surface area contributed by atoms with Crippen molar-refractivity contribution in [3.05, 3.63) is 22.5 Å². The number of allylic oxidation sites excluding steroid dienone is 2. The van der Waals surface area contributed by atoms with Gasteiger partial charge in [-0.25, -0.2) is 4.79 Å². The summed E-state index contributed by atoms with van der Waals surface area (Å²) < 4.78 is 5.25. The molecule has 1 aliphatic heterocycles. The van der Waals surface area contributed by atoms with Crippen molar-refractivity contribution in [2.24, 2.45) is 11.8 Å². The molecule has 1 atom stereocenters. The van der Waals surface area contributed by atoms with E-state index in [0.29, 0.717) is 35.3 Å². The van der Waals surface area contributed by atoms with Crippen molar-refractivity contribution in [2.75, 3.05) is 13.2 Å². The van der Waals surface area contributed by atoms with Crippen LogP contribution < -0.4 is 28.8 Å². The zero-order valence-electron chi connectivity index (χ0n) is 13.9. The molecule has 0 aromatic rings. The van der Waals surface area contributed by atoms with Crippen LogP contribution in [0.3, 0.4) is 0 Å². The number of nitrogens with one attached hydrogen (secondary N) is 2. The number of hydrogen-bond donors (Lipinski definition) is 3. The quantitative estimate of drug-likeness (QED) is 0.373. The number of dihydropyridines is 1. The highest BCUT2D eigenvalue weighted by Gasteiger charge is 2.41. The van der Waals surface area contributed by atoms with Gasteiger partial charge in [-0.15, -0.1) is 0 Å². The van der Waals surface area contributed by atoms with Crippen molar-refractivity contribution in [1.29, 1.82) is 5.26 Å². The number of hydrogen-bond acceptors (Lipinski definition) is 5. The first-order valence-corrected chi connectivity index (χ1v) is 8.28. The van der Waals surface area contributed by atoms with Crippen LogP contribution in [0.4, 0.5) is 0 Å². The first kappa shape index (κ1) is 20.4. The number of halogens is 1. The molecule has 0 saturated heterocycles. The maximum Gasteiger partial charge on any atom is 0.336 e. The number of ether oxygens (including phenoxy) is 1. The maximum atomic E-state index is 12.5. The smallest absolute Gasteiger partial charge is 0.336 e. The monoisotopic (exact) mass is 370 g/mol. The Morgan fingerprint density at radius 2 is 2.21 bits per heavy atom. The Labute approximate surface area is 153 Å². The third-order valence-corrected chi connectivity index (χ3v) is 4.53. The second kappa shape index (κ2) is 9.02. The number of quaternary nitrogens is 1. The molecule has 8 heteroatoms. The number of esters is 1. The molecule has 1 fully saturated rings. The van der Waals surface area contributed by atoms with Gasteiger partial charge in [0.15, 0.2) is 0 Å². The molecule has 1 aliphatic carbocycles. The van der Waals surface area contributed by atoms with Crippen molar-refractivity contribution in [2.45, 2.75) is 33.1 Å². The van der Waals surface area contributed by atoms with Crippen molar-refractivity contribution in [3.8, 4) is 6.07 Å². The summed E-state index contributed by atoms with van der Waals surface area (Å²) >= 11 is 4.96. The van der Waals surface area contributed by atoms with Gasteiger partial charge in [-0.1, -0.05) is 6.42 Å². The van der Waals surface area contributed by atoms with Crippen molar-refractivity contribution < 1.29 is 27.7 Å². The van der Waals surface area contributed by atoms with Gasteiger partial charge in [-0.05, 0) is 32.6 Å². The summed E-state index contributed by atoms with van der Waals surface area (Å²) in [6.45, 7) is 4.32. The fraction of sp³-hybridized carbons (Fsp3) is 0.562. The zero-order valence-corrected chi connectivity index (χ0v) is 15.5. The summed E-state index contributed by atoms with van der Waals surface area (Å²) in [7, 11) is 0. The summed E-state index contributed by atoms with van der Waals surface area (Å²) in [6, 6.07) is 2.28. The van der Waals surface area contributed by atoms with Crippen LogP contribution in [-0.2, 0) is 9.53 Å². The van der Waals surface area contributed by atoms with Gasteiger partial charge in [-0.2, -0.15) is 5.26 Å². The average molecular weight is 371 g/mol. The lowest BCUT2D eigenvalue weighted by atomic mass is 9.68. The maximum absolute atomic E-state index is 12.5. The van der Waals surface area contributed by atoms with Crippen LogP contribution in [0.15, 0.2) is 22.5 Å². The van der Waals surface area contributed by atoms with E-state index < -0.39 is 0 Å². The van der Waals surface area contributed by atoms with E-state index >= 15 is 0 Å². The van der Waals surface area contributed by atoms with Crippen LogP contribution >= 0.6 is 12.2 Å². The average Bonchev–Trinajstić information content (AvgIpc) is 2.43. The van der Waals surface area contributed by atoms with E-state index in [0.717, 1.165) is 30.7 Å². The third-order valence-electron chi connectivity index (χ3n) is 4.39. The topological polar surface area (TPSA) is 102 Å². The Balaban J connectivity index is 0.00000288. The van der Waals surface area contributed by atoms with Crippen LogP contribution in [0.5, 0.6) is 0 Å². The highest BCUT2D eigenvalue weighted by atomic mass is 35.5. The van der Waals surface area contributed by atoms with E-state index in [4.69, 9.17) is 17.0 Å². The van der Waals surface area contributed by atoms with E-state index in [1.54, 1.807) is 6.92 Å². The van der Waals surface area contributed by atoms with Crippen molar-refractivity contribution in [3.63, 3.8) is 0 Å². The molecule has 0 aromatic heterocycles. The molecular weight excluding hydrogens is 348 g/mol. The zero-order chi connectivity index (χ0) is 17.0. The minimum Gasteiger partial charge on any atom is -1.00 e. The van der Waals surface area contributed by atoms with Crippen LogP contribution in [0.25, 0.3) is 0 Å². The van der Waals surface area contributed by atoms with E-state index in [2.05, 4.69) is 22.4 Å². The van der Waals surface area contributed by atoms with Gasteiger partial charge in [0, 0.05) is 29.5 Å². The van der Waals surface area contributed by atoms with Crippen LogP contribution in [0, 0.1) is 23.2 Å². The second-order valence-corrected chi connectivity index (χ2v) is 6.33. The van der Waals surface area contributed by atoms with Gasteiger partial charge < -0.3 is 33.5 Å². The molecule has 24 heavy (non-hydrogen) atoms. The number of carbonyl (C=O) groups excluding carboxylic acids is 1. The summed E-state index contributed by atoms with van der Waals surface area (Å²) in [4.78, 5) is 12.5. The molecule has 0 aromatic carbocycles. The summed E-state index contributed by atoms with van der Waals surface area (Å²) in [6.07, 6.45) is 3.19. The molecule has 1 saturated carbocycles. The molecule has 0 amide bonds. The fourth-order valence-corrected chi connectivity index (χ4v) is 3.18. The molecule has 2 rings (SSSR count). The lowest BCUT2D eigenvalue weighted by Gasteiger charge is -2.38. The van der Waals surface area contributed by atoms with Crippen molar-refractivity contribution >= 4 is 23.3 Å². The summed E-state index contributed by atoms with van der Waals surface area (Å²) in [5.74, 6) is -0.226. The SMILES string of the molecule is CCOC(=O)C1=C(CNC([NH3+])=S)NC(C)=C(C#N)C1C1CCC1.[Cl-]. The highest BCUT2D eigenvalue weighted by Crippen LogP contribution is 2.44. The highest BCUT2D eigenvalue weighted by molar-refractivity contribution is 7.79. The van der Waals surface area contributed by atoms with E-state index in [-0.39, 0.29) is 24.3 Å². The predicted octanol–water partition coefficient (Wildman–Crippen LogP) is -2.26. The Bertz CT molecular complexity index is 620. The number of nitriles is 1. The Morgan fingerprint density at radius 1 is 1.54 bits per heavy atom. The van der Waals surface area contributed by atoms with Gasteiger partial charge in [0.1, 0.15) is 0 Å². The molecule has 1 heterocycles. The first-order chi connectivity index (χ1) is 11.0. The largest absolute Gasteiger partial charge is 1.00 e. The van der Waals surface area contributed by atoms with E-state index in [1.807, 2.05) is 6.92 Å². The predicted molar refractivity (Wildman–Crippen MR) is 89.4 cm³/mol. The third kappa shape index (κ3) is 4.26. The number of carbonyl (C=O) groups is 1. The number of thiocarbonyl (C=S) groups is 1. The van der Waals surface area contributed by atoms with Gasteiger partial charge in [0.2, 0.25) is 0 Å². The minimum absolute atomic E-state index is 0. The van der Waals surface area contributed by atoms with Crippen LogP contribution in [-0.4, -0.2) is 24.2 Å². The molecule has 0 radical (unpaired) electrons.